The number of aryl methyl sites for hydroxylation is 2. The average molecular weight is 397 g/mol. The van der Waals surface area contributed by atoms with E-state index >= 15 is 0 Å². The number of anilines is 2. The predicted octanol–water partition coefficient (Wildman–Crippen LogP) is 2.03. The Hall–Kier alpha value is -4.02. The first-order chi connectivity index (χ1) is 13.7. The third-order valence-corrected chi connectivity index (χ3v) is 4.17. The monoisotopic (exact) mass is 397 g/mol. The third-order valence-electron chi connectivity index (χ3n) is 4.17. The van der Waals surface area contributed by atoms with Gasteiger partial charge in [0.05, 0.1) is 4.92 Å². The zero-order valence-electron chi connectivity index (χ0n) is 16.0. The molecular formula is C18H19N7O4. The number of carbonyl (C=O) groups is 2. The molecule has 3 aromatic rings. The number of nitrogens with one attached hydrogen (secondary N) is 2. The Bertz CT molecular complexity index is 1100. The second kappa shape index (κ2) is 7.92. The van der Waals surface area contributed by atoms with E-state index in [1.54, 1.807) is 50.5 Å². The number of rotatable bonds is 6. The highest BCUT2D eigenvalue weighted by atomic mass is 16.6. The molecule has 0 saturated heterocycles. The highest BCUT2D eigenvalue weighted by Gasteiger charge is 2.22. The summed E-state index contributed by atoms with van der Waals surface area (Å²) in [5.41, 5.74) is 1.67. The number of nitrogens with zero attached hydrogens (tertiary/aromatic N) is 5. The van der Waals surface area contributed by atoms with E-state index < -0.39 is 10.8 Å². The number of carbonyl (C=O) groups excluding carboxylic acids is 2. The summed E-state index contributed by atoms with van der Waals surface area (Å²) in [7, 11) is 1.71. The first-order valence-electron chi connectivity index (χ1n) is 8.64. The van der Waals surface area contributed by atoms with Crippen molar-refractivity contribution in [3.63, 3.8) is 0 Å². The van der Waals surface area contributed by atoms with Crippen LogP contribution in [0, 0.1) is 24.0 Å². The Morgan fingerprint density at radius 3 is 2.41 bits per heavy atom. The van der Waals surface area contributed by atoms with Crippen molar-refractivity contribution >= 4 is 28.9 Å². The lowest BCUT2D eigenvalue weighted by molar-refractivity contribution is -0.386. The van der Waals surface area contributed by atoms with E-state index in [9.17, 15) is 19.7 Å². The third kappa shape index (κ3) is 4.46. The molecule has 3 rings (SSSR count). The summed E-state index contributed by atoms with van der Waals surface area (Å²) in [6.07, 6.45) is 1.66. The van der Waals surface area contributed by atoms with Crippen molar-refractivity contribution in [3.05, 3.63) is 63.7 Å². The van der Waals surface area contributed by atoms with Crippen LogP contribution in [-0.4, -0.2) is 36.3 Å². The molecule has 11 nitrogen and oxygen atoms in total. The van der Waals surface area contributed by atoms with Gasteiger partial charge in [-0.05, 0) is 38.1 Å². The summed E-state index contributed by atoms with van der Waals surface area (Å²) in [6, 6.07) is 8.22. The first-order valence-corrected chi connectivity index (χ1v) is 8.64. The number of nitro groups is 1. The molecule has 29 heavy (non-hydrogen) atoms. The van der Waals surface area contributed by atoms with Crippen LogP contribution in [0.4, 0.5) is 17.1 Å². The molecule has 2 N–H and O–H groups in total. The first kappa shape index (κ1) is 19.7. The molecule has 0 aliphatic rings. The SMILES string of the molecule is Cc1nn(CC(=O)Nc2cccc(NC(=O)c3ccn(C)n3)c2)c(C)c1[N+](=O)[O-]. The Balaban J connectivity index is 1.67. The molecule has 2 amide bonds. The number of hydrogen-bond acceptors (Lipinski definition) is 6. The minimum absolute atomic E-state index is 0.1000. The van der Waals surface area contributed by atoms with Gasteiger partial charge in [0.15, 0.2) is 5.69 Å². The summed E-state index contributed by atoms with van der Waals surface area (Å²) in [5, 5.41) is 24.6. The van der Waals surface area contributed by atoms with Gasteiger partial charge >= 0.3 is 5.69 Å². The van der Waals surface area contributed by atoms with Crippen molar-refractivity contribution in [2.24, 2.45) is 7.05 Å². The highest BCUT2D eigenvalue weighted by molar-refractivity contribution is 6.03. The van der Waals surface area contributed by atoms with Crippen LogP contribution in [0.5, 0.6) is 0 Å². The standard InChI is InChI=1S/C18H19N7O4/c1-11-17(25(28)29)12(2)24(21-11)10-16(26)19-13-5-4-6-14(9-13)20-18(27)15-7-8-23(3)22-15/h4-9H,10H2,1-3H3,(H,19,26)(H,20,27). The average Bonchev–Trinajstić information content (AvgIpc) is 3.18. The molecule has 0 unspecified atom stereocenters. The van der Waals surface area contributed by atoms with Gasteiger partial charge in [-0.3, -0.25) is 29.1 Å². The van der Waals surface area contributed by atoms with E-state index in [2.05, 4.69) is 20.8 Å². The number of hydrogen-bond donors (Lipinski definition) is 2. The van der Waals surface area contributed by atoms with Crippen molar-refractivity contribution in [3.8, 4) is 0 Å². The molecule has 0 saturated carbocycles. The van der Waals surface area contributed by atoms with Crippen molar-refractivity contribution in [1.82, 2.24) is 19.6 Å². The van der Waals surface area contributed by atoms with Gasteiger partial charge in [0, 0.05) is 24.6 Å². The summed E-state index contributed by atoms with van der Waals surface area (Å²) >= 11 is 0. The second-order valence-electron chi connectivity index (χ2n) is 6.39. The highest BCUT2D eigenvalue weighted by Crippen LogP contribution is 2.22. The molecule has 0 spiro atoms. The Labute approximate surface area is 165 Å². The molecule has 150 valence electrons. The number of benzene rings is 1. The van der Waals surface area contributed by atoms with Gasteiger partial charge in [0.25, 0.3) is 5.91 Å². The van der Waals surface area contributed by atoms with E-state index in [1.807, 2.05) is 0 Å². The normalized spacial score (nSPS) is 10.6. The molecule has 2 heterocycles. The van der Waals surface area contributed by atoms with Crippen molar-refractivity contribution < 1.29 is 14.5 Å². The summed E-state index contributed by atoms with van der Waals surface area (Å²) in [4.78, 5) is 35.1. The van der Waals surface area contributed by atoms with Crippen LogP contribution in [0.3, 0.4) is 0 Å². The lowest BCUT2D eigenvalue weighted by Crippen LogP contribution is -2.20. The van der Waals surface area contributed by atoms with Crippen molar-refractivity contribution in [1.29, 1.82) is 0 Å². The molecule has 0 radical (unpaired) electrons. The summed E-state index contributed by atoms with van der Waals surface area (Å²) in [5.74, 6) is -0.775. The van der Waals surface area contributed by atoms with Gasteiger partial charge in [-0.15, -0.1) is 0 Å². The van der Waals surface area contributed by atoms with Gasteiger partial charge in [-0.2, -0.15) is 10.2 Å². The molecule has 1 aromatic carbocycles. The van der Waals surface area contributed by atoms with Gasteiger partial charge in [0.2, 0.25) is 5.91 Å². The van der Waals surface area contributed by atoms with Crippen LogP contribution in [-0.2, 0) is 18.4 Å². The fourth-order valence-corrected chi connectivity index (χ4v) is 2.85. The van der Waals surface area contributed by atoms with Crippen LogP contribution in [0.15, 0.2) is 36.5 Å². The molecule has 0 atom stereocenters. The van der Waals surface area contributed by atoms with E-state index in [4.69, 9.17) is 0 Å². The molecule has 0 aliphatic heterocycles. The van der Waals surface area contributed by atoms with Gasteiger partial charge < -0.3 is 10.6 Å². The molecule has 0 fully saturated rings. The van der Waals surface area contributed by atoms with Crippen LogP contribution in [0.1, 0.15) is 21.9 Å². The zero-order valence-corrected chi connectivity index (χ0v) is 16.0. The van der Waals surface area contributed by atoms with E-state index in [1.165, 1.54) is 16.3 Å². The molecular weight excluding hydrogens is 378 g/mol. The minimum Gasteiger partial charge on any atom is -0.324 e. The van der Waals surface area contributed by atoms with Gasteiger partial charge in [-0.25, -0.2) is 0 Å². The minimum atomic E-state index is -0.514. The zero-order chi connectivity index (χ0) is 21.1. The molecule has 11 heteroatoms. The lowest BCUT2D eigenvalue weighted by atomic mass is 10.2. The van der Waals surface area contributed by atoms with E-state index in [0.29, 0.717) is 17.1 Å². The van der Waals surface area contributed by atoms with Crippen LogP contribution in [0.25, 0.3) is 0 Å². The Kier molecular flexibility index (Phi) is 5.39. The summed E-state index contributed by atoms with van der Waals surface area (Å²) < 4.78 is 2.81. The largest absolute Gasteiger partial charge is 0.324 e. The molecule has 0 bridgehead atoms. The van der Waals surface area contributed by atoms with Gasteiger partial charge in [-0.1, -0.05) is 6.07 Å². The Morgan fingerprint density at radius 1 is 1.14 bits per heavy atom. The molecule has 2 aromatic heterocycles. The Morgan fingerprint density at radius 2 is 1.83 bits per heavy atom. The number of aromatic nitrogens is 4. The van der Waals surface area contributed by atoms with Crippen LogP contribution < -0.4 is 10.6 Å². The predicted molar refractivity (Wildman–Crippen MR) is 105 cm³/mol. The smallest absolute Gasteiger partial charge is 0.312 e. The maximum absolute atomic E-state index is 12.3. The fourth-order valence-electron chi connectivity index (χ4n) is 2.85. The van der Waals surface area contributed by atoms with Crippen LogP contribution in [0.2, 0.25) is 0 Å². The van der Waals surface area contributed by atoms with Crippen LogP contribution >= 0.6 is 0 Å². The quantitative estimate of drug-likeness (QED) is 0.482. The lowest BCUT2D eigenvalue weighted by Gasteiger charge is -2.09. The second-order valence-corrected chi connectivity index (χ2v) is 6.39. The van der Waals surface area contributed by atoms with Crippen molar-refractivity contribution in [2.75, 3.05) is 10.6 Å². The topological polar surface area (TPSA) is 137 Å². The van der Waals surface area contributed by atoms with Crippen molar-refractivity contribution in [2.45, 2.75) is 20.4 Å². The maximum Gasteiger partial charge on any atom is 0.312 e. The van der Waals surface area contributed by atoms with E-state index in [-0.39, 0.29) is 29.5 Å². The van der Waals surface area contributed by atoms with Gasteiger partial charge in [0.1, 0.15) is 17.9 Å². The number of amides is 2. The summed E-state index contributed by atoms with van der Waals surface area (Å²) in [6.45, 7) is 2.89. The fraction of sp³-hybridized carbons (Fsp3) is 0.222. The molecule has 0 aliphatic carbocycles. The maximum atomic E-state index is 12.3. The van der Waals surface area contributed by atoms with E-state index in [0.717, 1.165) is 0 Å².